The molecule has 2 atom stereocenters. The van der Waals surface area contributed by atoms with Gasteiger partial charge >= 0.3 is 6.18 Å². The molecule has 0 bridgehead atoms. The predicted molar refractivity (Wildman–Crippen MR) is 129 cm³/mol. The van der Waals surface area contributed by atoms with Crippen molar-refractivity contribution in [2.75, 3.05) is 18.0 Å². The molecule has 36 heavy (non-hydrogen) atoms. The number of nitrogens with two attached hydrogens (primary N) is 1. The van der Waals surface area contributed by atoms with Gasteiger partial charge in [-0.05, 0) is 49.8 Å². The van der Waals surface area contributed by atoms with Crippen LogP contribution in [-0.4, -0.2) is 32.4 Å². The van der Waals surface area contributed by atoms with Gasteiger partial charge in [0.05, 0.1) is 5.92 Å². The van der Waals surface area contributed by atoms with Crippen molar-refractivity contribution in [3.8, 4) is 0 Å². The van der Waals surface area contributed by atoms with Gasteiger partial charge in [-0.1, -0.05) is 37.3 Å². The topological polar surface area (TPSA) is 115 Å². The number of nitrogens with one attached hydrogen (secondary N) is 1. The number of amides is 1. The number of carbonyl (C=O) groups is 1. The molecule has 0 saturated carbocycles. The second-order valence-electron chi connectivity index (χ2n) is 9.33. The highest BCUT2D eigenvalue weighted by molar-refractivity contribution is 7.67. The summed E-state index contributed by atoms with van der Waals surface area (Å²) in [5.41, 5.74) is 4.82. The lowest BCUT2D eigenvalue weighted by Gasteiger charge is -2.33. The van der Waals surface area contributed by atoms with Crippen LogP contribution in [0.4, 0.5) is 19.0 Å². The first-order chi connectivity index (χ1) is 16.8. The number of thiol groups is 1. The number of hydrogen-bond acceptors (Lipinski definition) is 7. The van der Waals surface area contributed by atoms with Crippen molar-refractivity contribution in [1.29, 1.82) is 0 Å². The third kappa shape index (κ3) is 6.95. The summed E-state index contributed by atoms with van der Waals surface area (Å²) in [6.45, 7) is 6.35. The number of aromatic nitrogens is 1. The Morgan fingerprint density at radius 1 is 1.25 bits per heavy atom. The van der Waals surface area contributed by atoms with Crippen LogP contribution in [0.1, 0.15) is 61.9 Å². The van der Waals surface area contributed by atoms with E-state index in [0.29, 0.717) is 35.7 Å². The van der Waals surface area contributed by atoms with Crippen molar-refractivity contribution >= 4 is 22.7 Å². The molecular formula is C24H31F3N4O4S. The van der Waals surface area contributed by atoms with E-state index in [1.54, 1.807) is 31.2 Å². The second kappa shape index (κ2) is 11.1. The minimum atomic E-state index is -4.57. The minimum absolute atomic E-state index is 0.00373. The quantitative estimate of drug-likeness (QED) is 0.355. The van der Waals surface area contributed by atoms with E-state index in [1.165, 1.54) is 13.0 Å². The Kier molecular flexibility index (Phi) is 8.63. The Hall–Kier alpha value is -2.70. The Balaban J connectivity index is 1.78. The fourth-order valence-corrected chi connectivity index (χ4v) is 4.49. The molecule has 12 heteroatoms. The molecule has 2 aromatic rings. The Morgan fingerprint density at radius 2 is 1.92 bits per heavy atom. The summed E-state index contributed by atoms with van der Waals surface area (Å²) in [6.07, 6.45) is -2.87. The lowest BCUT2D eigenvalue weighted by molar-refractivity contribution is -0.141. The van der Waals surface area contributed by atoms with Gasteiger partial charge in [0.15, 0.2) is 5.72 Å². The van der Waals surface area contributed by atoms with Crippen LogP contribution in [0.2, 0.25) is 0 Å². The molecule has 0 spiro atoms. The summed E-state index contributed by atoms with van der Waals surface area (Å²) in [7, 11) is -3.19. The number of hydrogen-bond donors (Lipinski definition) is 3. The van der Waals surface area contributed by atoms with Crippen LogP contribution >= 0.6 is 0 Å². The van der Waals surface area contributed by atoms with Crippen molar-refractivity contribution < 1.29 is 30.6 Å². The van der Waals surface area contributed by atoms with E-state index in [0.717, 1.165) is 18.9 Å². The normalized spacial score (nSPS) is 17.6. The van der Waals surface area contributed by atoms with Gasteiger partial charge in [0.25, 0.3) is 11.0 Å². The van der Waals surface area contributed by atoms with Crippen LogP contribution < -0.4 is 16.0 Å². The van der Waals surface area contributed by atoms with E-state index in [-0.39, 0.29) is 18.3 Å². The highest BCUT2D eigenvalue weighted by Crippen LogP contribution is 2.32. The van der Waals surface area contributed by atoms with E-state index in [1.807, 2.05) is 4.90 Å². The molecule has 8 nitrogen and oxygen atoms in total. The maximum Gasteiger partial charge on any atom is 0.433 e. The van der Waals surface area contributed by atoms with E-state index in [9.17, 15) is 26.4 Å². The molecule has 1 aromatic carbocycles. The monoisotopic (exact) mass is 528 g/mol. The van der Waals surface area contributed by atoms with Gasteiger partial charge in [-0.15, -0.1) is 0 Å². The lowest BCUT2D eigenvalue weighted by atomic mass is 9.95. The SMILES string of the molecule is CC1CCN(c2nc(C(F)(F)F)ccc2CNC(=O)C(C)c2cccc(C(C)(N)O[SH](=O)=O)c2)CC1. The first kappa shape index (κ1) is 27.9. The molecular weight excluding hydrogens is 497 g/mol. The highest BCUT2D eigenvalue weighted by atomic mass is 32.2. The molecule has 1 aromatic heterocycles. The number of alkyl halides is 3. The summed E-state index contributed by atoms with van der Waals surface area (Å²) >= 11 is 0. The van der Waals surface area contributed by atoms with E-state index in [2.05, 4.69) is 17.2 Å². The average molecular weight is 529 g/mol. The predicted octanol–water partition coefficient (Wildman–Crippen LogP) is 3.43. The summed E-state index contributed by atoms with van der Waals surface area (Å²) in [5, 5.41) is 2.79. The molecule has 198 valence electrons. The first-order valence-corrected chi connectivity index (χ1v) is 12.7. The van der Waals surface area contributed by atoms with Gasteiger partial charge in [0.2, 0.25) is 5.91 Å². The molecule has 0 radical (unpaired) electrons. The summed E-state index contributed by atoms with van der Waals surface area (Å²) < 4.78 is 66.7. The molecule has 2 unspecified atom stereocenters. The number of benzene rings is 1. The number of nitrogens with zero attached hydrogens (tertiary/aromatic N) is 2. The number of halogens is 3. The smallest absolute Gasteiger partial charge is 0.356 e. The Bertz CT molecular complexity index is 1150. The molecule has 1 aliphatic heterocycles. The van der Waals surface area contributed by atoms with E-state index < -0.39 is 34.5 Å². The molecule has 3 rings (SSSR count). The van der Waals surface area contributed by atoms with Crippen molar-refractivity contribution in [2.24, 2.45) is 11.7 Å². The Labute approximate surface area is 210 Å². The Morgan fingerprint density at radius 3 is 2.53 bits per heavy atom. The number of rotatable bonds is 8. The first-order valence-electron chi connectivity index (χ1n) is 11.6. The second-order valence-corrected chi connectivity index (χ2v) is 9.96. The number of carbonyl (C=O) groups excluding carboxylic acids is 1. The average Bonchev–Trinajstić information content (AvgIpc) is 2.81. The lowest BCUT2D eigenvalue weighted by Crippen LogP contribution is -2.36. The van der Waals surface area contributed by atoms with Crippen molar-refractivity contribution in [1.82, 2.24) is 10.3 Å². The van der Waals surface area contributed by atoms with Crippen LogP contribution in [0.5, 0.6) is 0 Å². The van der Waals surface area contributed by atoms with E-state index in [4.69, 9.17) is 9.92 Å². The van der Waals surface area contributed by atoms with Crippen LogP contribution in [0.3, 0.4) is 0 Å². The van der Waals surface area contributed by atoms with Gasteiger partial charge in [-0.2, -0.15) is 13.2 Å². The third-order valence-electron chi connectivity index (χ3n) is 6.40. The molecule has 1 fully saturated rings. The molecule has 3 N–H and O–H groups in total. The fourth-order valence-electron chi connectivity index (χ4n) is 4.08. The standard InChI is InChI=1S/C24H31F3N4O4S/c1-15-9-11-31(12-10-15)21-18(7-8-20(30-21)24(25,26)27)14-29-22(32)16(2)17-5-4-6-19(13-17)23(3,28)35-36(33)34/h4-8,13,15-16,36H,9-12,14,28H2,1-3H3,(H,29,32). The fraction of sp³-hybridized carbons (Fsp3) is 0.500. The van der Waals surface area contributed by atoms with Gasteiger partial charge in [-0.25, -0.2) is 17.6 Å². The molecule has 1 aliphatic rings. The summed E-state index contributed by atoms with van der Waals surface area (Å²) in [5.74, 6) is -0.292. The number of pyridine rings is 1. The highest BCUT2D eigenvalue weighted by Gasteiger charge is 2.34. The summed E-state index contributed by atoms with van der Waals surface area (Å²) in [6, 6.07) is 8.79. The molecule has 1 amide bonds. The van der Waals surface area contributed by atoms with Crippen LogP contribution in [-0.2, 0) is 38.4 Å². The van der Waals surface area contributed by atoms with Gasteiger partial charge < -0.3 is 10.2 Å². The zero-order valence-electron chi connectivity index (χ0n) is 20.3. The van der Waals surface area contributed by atoms with Crippen molar-refractivity contribution in [3.05, 3.63) is 58.8 Å². The van der Waals surface area contributed by atoms with Gasteiger partial charge in [0, 0.05) is 25.2 Å². The maximum absolute atomic E-state index is 13.3. The van der Waals surface area contributed by atoms with Crippen molar-refractivity contribution in [2.45, 2.75) is 58.0 Å². The zero-order chi connectivity index (χ0) is 26.7. The third-order valence-corrected chi connectivity index (χ3v) is 6.93. The van der Waals surface area contributed by atoms with E-state index >= 15 is 0 Å². The maximum atomic E-state index is 13.3. The van der Waals surface area contributed by atoms with Crippen LogP contribution in [0.15, 0.2) is 36.4 Å². The van der Waals surface area contributed by atoms with Crippen LogP contribution in [0, 0.1) is 5.92 Å². The molecule has 1 saturated heterocycles. The zero-order valence-corrected chi connectivity index (χ0v) is 21.2. The van der Waals surface area contributed by atoms with Gasteiger partial charge in [-0.3, -0.25) is 10.5 Å². The summed E-state index contributed by atoms with van der Waals surface area (Å²) in [4.78, 5) is 18.7. The molecule has 2 heterocycles. The number of anilines is 1. The van der Waals surface area contributed by atoms with Crippen LogP contribution in [0.25, 0.3) is 0 Å². The largest absolute Gasteiger partial charge is 0.433 e. The number of piperidine rings is 1. The molecule has 0 aliphatic carbocycles. The van der Waals surface area contributed by atoms with Gasteiger partial charge in [0.1, 0.15) is 11.5 Å². The minimum Gasteiger partial charge on any atom is -0.356 e. The van der Waals surface area contributed by atoms with Crippen molar-refractivity contribution in [3.63, 3.8) is 0 Å².